The molecule has 0 amide bonds. The lowest BCUT2D eigenvalue weighted by atomic mass is 10.2. The molecule has 0 aliphatic rings. The summed E-state index contributed by atoms with van der Waals surface area (Å²) in [5.41, 5.74) is 0.727. The molecule has 0 bridgehead atoms. The van der Waals surface area contributed by atoms with Crippen LogP contribution in [-0.2, 0) is 10.0 Å². The van der Waals surface area contributed by atoms with Gasteiger partial charge in [0, 0.05) is 5.69 Å². The molecule has 2 aromatic rings. The number of hydrogen-bond donors (Lipinski definition) is 1. The number of nitrogens with one attached hydrogen (secondary N) is 1. The van der Waals surface area contributed by atoms with E-state index in [0.29, 0.717) is 23.6 Å². The van der Waals surface area contributed by atoms with Crippen LogP contribution in [0.25, 0.3) is 0 Å². The minimum atomic E-state index is -3.71. The third-order valence-corrected chi connectivity index (χ3v) is 4.07. The topological polar surface area (TPSA) is 79.2 Å². The predicted molar refractivity (Wildman–Crippen MR) is 79.6 cm³/mol. The Morgan fingerprint density at radius 2 is 1.90 bits per heavy atom. The van der Waals surface area contributed by atoms with Crippen molar-refractivity contribution < 1.29 is 13.2 Å². The summed E-state index contributed by atoms with van der Waals surface area (Å²) >= 11 is 0. The molecule has 1 N–H and O–H groups in total. The average molecular weight is 302 g/mol. The molecule has 0 fully saturated rings. The molecular formula is C15H14N2O3S. The molecule has 0 aliphatic heterocycles. The molecule has 0 saturated heterocycles. The molecule has 0 aliphatic carbocycles. The number of nitrogens with zero attached hydrogens (tertiary/aromatic N) is 1. The van der Waals surface area contributed by atoms with E-state index in [9.17, 15) is 8.42 Å². The molecule has 0 heterocycles. The number of anilines is 1. The molecule has 2 aromatic carbocycles. The van der Waals surface area contributed by atoms with Gasteiger partial charge in [-0.25, -0.2) is 8.42 Å². The van der Waals surface area contributed by atoms with Crippen LogP contribution in [0.5, 0.6) is 5.75 Å². The zero-order valence-corrected chi connectivity index (χ0v) is 12.2. The standard InChI is InChI=1S/C15H14N2O3S/c1-2-20-14-8-6-13(7-9-14)17-21(18,19)15-5-3-4-12(10-15)11-16/h3-10,17H,2H2,1H3. The van der Waals surface area contributed by atoms with Gasteiger partial charge in [-0.15, -0.1) is 0 Å². The van der Waals surface area contributed by atoms with Gasteiger partial charge in [-0.05, 0) is 49.4 Å². The van der Waals surface area contributed by atoms with Gasteiger partial charge in [0.2, 0.25) is 0 Å². The lowest BCUT2D eigenvalue weighted by molar-refractivity contribution is 0.340. The summed E-state index contributed by atoms with van der Waals surface area (Å²) in [5.74, 6) is 0.673. The van der Waals surface area contributed by atoms with E-state index in [1.54, 1.807) is 30.3 Å². The highest BCUT2D eigenvalue weighted by Crippen LogP contribution is 2.20. The molecule has 0 aromatic heterocycles. The van der Waals surface area contributed by atoms with Crippen LogP contribution in [0.4, 0.5) is 5.69 Å². The summed E-state index contributed by atoms with van der Waals surface area (Å²) in [6.45, 7) is 2.42. The number of hydrogen-bond acceptors (Lipinski definition) is 4. The molecule has 5 nitrogen and oxygen atoms in total. The maximum absolute atomic E-state index is 12.2. The van der Waals surface area contributed by atoms with E-state index in [2.05, 4.69) is 4.72 Å². The maximum atomic E-state index is 12.2. The molecular weight excluding hydrogens is 288 g/mol. The van der Waals surface area contributed by atoms with Crippen LogP contribution in [0.15, 0.2) is 53.4 Å². The minimum absolute atomic E-state index is 0.0513. The van der Waals surface area contributed by atoms with Crippen molar-refractivity contribution in [1.29, 1.82) is 5.26 Å². The van der Waals surface area contributed by atoms with E-state index in [1.165, 1.54) is 18.2 Å². The first kappa shape index (κ1) is 14.9. The van der Waals surface area contributed by atoms with Gasteiger partial charge in [-0.1, -0.05) is 6.07 Å². The van der Waals surface area contributed by atoms with Crippen molar-refractivity contribution >= 4 is 15.7 Å². The van der Waals surface area contributed by atoms with Crippen molar-refractivity contribution in [3.8, 4) is 11.8 Å². The van der Waals surface area contributed by atoms with Crippen LogP contribution < -0.4 is 9.46 Å². The summed E-state index contributed by atoms with van der Waals surface area (Å²) in [7, 11) is -3.71. The van der Waals surface area contributed by atoms with E-state index in [1.807, 2.05) is 13.0 Å². The van der Waals surface area contributed by atoms with Crippen molar-refractivity contribution in [2.75, 3.05) is 11.3 Å². The third-order valence-electron chi connectivity index (χ3n) is 2.69. The number of sulfonamides is 1. The Labute approximate surface area is 123 Å². The number of ether oxygens (including phenoxy) is 1. The second-order valence-corrected chi connectivity index (χ2v) is 5.88. The SMILES string of the molecule is CCOc1ccc(NS(=O)(=O)c2cccc(C#N)c2)cc1. The second kappa shape index (κ2) is 6.29. The number of nitriles is 1. The first-order chi connectivity index (χ1) is 10.0. The third kappa shape index (κ3) is 3.74. The fourth-order valence-corrected chi connectivity index (χ4v) is 2.84. The van der Waals surface area contributed by atoms with E-state index in [0.717, 1.165) is 0 Å². The number of benzene rings is 2. The lowest BCUT2D eigenvalue weighted by Gasteiger charge is -2.09. The van der Waals surface area contributed by atoms with Gasteiger partial charge in [0.05, 0.1) is 23.1 Å². The van der Waals surface area contributed by atoms with Crippen LogP contribution in [-0.4, -0.2) is 15.0 Å². The van der Waals surface area contributed by atoms with Gasteiger partial charge in [0.1, 0.15) is 5.75 Å². The summed E-state index contributed by atoms with van der Waals surface area (Å²) in [6.07, 6.45) is 0. The number of rotatable bonds is 5. The van der Waals surface area contributed by atoms with E-state index in [4.69, 9.17) is 10.00 Å². The maximum Gasteiger partial charge on any atom is 0.261 e. The zero-order chi connectivity index (χ0) is 15.3. The Balaban J connectivity index is 2.22. The Morgan fingerprint density at radius 1 is 1.19 bits per heavy atom. The molecule has 2 rings (SSSR count). The Hall–Kier alpha value is -2.52. The first-order valence-corrected chi connectivity index (χ1v) is 7.79. The van der Waals surface area contributed by atoms with Gasteiger partial charge < -0.3 is 4.74 Å². The summed E-state index contributed by atoms with van der Waals surface area (Å²) in [6, 6.07) is 14.4. The summed E-state index contributed by atoms with van der Waals surface area (Å²) in [5, 5.41) is 8.82. The van der Waals surface area contributed by atoms with E-state index in [-0.39, 0.29) is 4.90 Å². The molecule has 0 saturated carbocycles. The van der Waals surface area contributed by atoms with E-state index < -0.39 is 10.0 Å². The van der Waals surface area contributed by atoms with Gasteiger partial charge >= 0.3 is 0 Å². The van der Waals surface area contributed by atoms with E-state index >= 15 is 0 Å². The van der Waals surface area contributed by atoms with Crippen LogP contribution in [0.3, 0.4) is 0 Å². The Morgan fingerprint density at radius 3 is 2.52 bits per heavy atom. The molecule has 6 heteroatoms. The highest BCUT2D eigenvalue weighted by atomic mass is 32.2. The van der Waals surface area contributed by atoms with Crippen molar-refractivity contribution in [1.82, 2.24) is 0 Å². The minimum Gasteiger partial charge on any atom is -0.494 e. The largest absolute Gasteiger partial charge is 0.494 e. The molecule has 0 spiro atoms. The van der Waals surface area contributed by atoms with Crippen molar-refractivity contribution in [3.05, 3.63) is 54.1 Å². The highest BCUT2D eigenvalue weighted by Gasteiger charge is 2.14. The quantitative estimate of drug-likeness (QED) is 0.921. The predicted octanol–water partition coefficient (Wildman–Crippen LogP) is 2.76. The first-order valence-electron chi connectivity index (χ1n) is 6.31. The van der Waals surface area contributed by atoms with Crippen molar-refractivity contribution in [2.45, 2.75) is 11.8 Å². The molecule has 108 valence electrons. The molecule has 0 unspecified atom stereocenters. The molecule has 0 radical (unpaired) electrons. The highest BCUT2D eigenvalue weighted by molar-refractivity contribution is 7.92. The van der Waals surface area contributed by atoms with Gasteiger partial charge in [-0.3, -0.25) is 4.72 Å². The second-order valence-electron chi connectivity index (χ2n) is 4.20. The van der Waals surface area contributed by atoms with Crippen molar-refractivity contribution in [3.63, 3.8) is 0 Å². The normalized spacial score (nSPS) is 10.7. The fraction of sp³-hybridized carbons (Fsp3) is 0.133. The average Bonchev–Trinajstić information content (AvgIpc) is 2.49. The molecule has 0 atom stereocenters. The van der Waals surface area contributed by atoms with Crippen molar-refractivity contribution in [2.24, 2.45) is 0 Å². The Bertz CT molecular complexity index is 762. The lowest BCUT2D eigenvalue weighted by Crippen LogP contribution is -2.13. The molecule has 21 heavy (non-hydrogen) atoms. The smallest absolute Gasteiger partial charge is 0.261 e. The van der Waals surface area contributed by atoms with Crippen LogP contribution in [0.2, 0.25) is 0 Å². The van der Waals surface area contributed by atoms with Crippen LogP contribution in [0, 0.1) is 11.3 Å². The van der Waals surface area contributed by atoms with Gasteiger partial charge in [0.15, 0.2) is 0 Å². The summed E-state index contributed by atoms with van der Waals surface area (Å²) in [4.78, 5) is 0.0513. The summed E-state index contributed by atoms with van der Waals surface area (Å²) < 4.78 is 32.2. The Kier molecular flexibility index (Phi) is 4.45. The van der Waals surface area contributed by atoms with Gasteiger partial charge in [0.25, 0.3) is 10.0 Å². The zero-order valence-electron chi connectivity index (χ0n) is 11.4. The van der Waals surface area contributed by atoms with Gasteiger partial charge in [-0.2, -0.15) is 5.26 Å². The monoisotopic (exact) mass is 302 g/mol. The van der Waals surface area contributed by atoms with Crippen LogP contribution in [0.1, 0.15) is 12.5 Å². The van der Waals surface area contributed by atoms with Crippen LogP contribution >= 0.6 is 0 Å². The fourth-order valence-electron chi connectivity index (χ4n) is 1.73.